The van der Waals surface area contributed by atoms with Gasteiger partial charge in [0, 0.05) is 16.9 Å². The molecule has 1 aliphatic heterocycles. The third-order valence-electron chi connectivity index (χ3n) is 3.00. The molecule has 1 aromatic carbocycles. The van der Waals surface area contributed by atoms with E-state index in [9.17, 15) is 0 Å². The van der Waals surface area contributed by atoms with Crippen LogP contribution in [0.3, 0.4) is 0 Å². The molecule has 0 aromatic heterocycles. The lowest BCUT2D eigenvalue weighted by molar-refractivity contribution is 0.150. The smallest absolute Gasteiger partial charge is 0.120 e. The van der Waals surface area contributed by atoms with E-state index in [2.05, 4.69) is 27.9 Å². The average molecular weight is 284 g/mol. The van der Waals surface area contributed by atoms with Crippen molar-refractivity contribution in [2.45, 2.75) is 12.8 Å². The molecule has 1 heterocycles. The lowest BCUT2D eigenvalue weighted by Crippen LogP contribution is -2.34. The molecule has 1 atom stereocenters. The first-order valence-electron chi connectivity index (χ1n) is 5.81. The molecule has 3 heteroatoms. The summed E-state index contributed by atoms with van der Waals surface area (Å²) in [6, 6.07) is 8.05. The van der Waals surface area contributed by atoms with Crippen LogP contribution in [-0.4, -0.2) is 31.6 Å². The predicted octanol–water partition coefficient (Wildman–Crippen LogP) is 3.17. The summed E-state index contributed by atoms with van der Waals surface area (Å²) < 4.78 is 6.89. The third-order valence-corrected chi connectivity index (χ3v) is 3.50. The molecule has 2 rings (SSSR count). The lowest BCUT2D eigenvalue weighted by atomic mass is 10.00. The first kappa shape index (κ1) is 11.9. The summed E-state index contributed by atoms with van der Waals surface area (Å²) in [7, 11) is 2.19. The minimum Gasteiger partial charge on any atom is -0.493 e. The molecule has 0 N–H and O–H groups in total. The van der Waals surface area contributed by atoms with Gasteiger partial charge in [-0.3, -0.25) is 0 Å². The van der Waals surface area contributed by atoms with Gasteiger partial charge in [-0.1, -0.05) is 22.0 Å². The molecule has 1 saturated heterocycles. The van der Waals surface area contributed by atoms with Crippen LogP contribution in [-0.2, 0) is 0 Å². The molecule has 0 spiro atoms. The molecule has 88 valence electrons. The quantitative estimate of drug-likeness (QED) is 0.845. The van der Waals surface area contributed by atoms with Crippen molar-refractivity contribution in [1.29, 1.82) is 0 Å². The van der Waals surface area contributed by atoms with Crippen molar-refractivity contribution < 1.29 is 4.74 Å². The first-order valence-corrected chi connectivity index (χ1v) is 6.60. The molecule has 2 nitrogen and oxygen atoms in total. The van der Waals surface area contributed by atoms with E-state index in [1.807, 2.05) is 24.3 Å². The van der Waals surface area contributed by atoms with E-state index < -0.39 is 0 Å². The Morgan fingerprint density at radius 1 is 1.50 bits per heavy atom. The topological polar surface area (TPSA) is 12.5 Å². The predicted molar refractivity (Wildman–Crippen MR) is 69.9 cm³/mol. The van der Waals surface area contributed by atoms with Crippen molar-refractivity contribution in [3.05, 3.63) is 28.7 Å². The largest absolute Gasteiger partial charge is 0.493 e. The van der Waals surface area contributed by atoms with Gasteiger partial charge in [0.25, 0.3) is 0 Å². The first-order chi connectivity index (χ1) is 7.74. The monoisotopic (exact) mass is 283 g/mol. The maximum absolute atomic E-state index is 5.82. The SMILES string of the molecule is CN1CCC[C@@H](COc2cccc(Br)c2)C1. The van der Waals surface area contributed by atoms with Crippen molar-refractivity contribution >= 4 is 15.9 Å². The Morgan fingerprint density at radius 2 is 2.38 bits per heavy atom. The summed E-state index contributed by atoms with van der Waals surface area (Å²) in [5.41, 5.74) is 0. The highest BCUT2D eigenvalue weighted by atomic mass is 79.9. The molecule has 0 aliphatic carbocycles. The summed E-state index contributed by atoms with van der Waals surface area (Å²) in [5.74, 6) is 1.64. The fourth-order valence-corrected chi connectivity index (χ4v) is 2.56. The molecular formula is C13H18BrNO. The standard InChI is InChI=1S/C13H18BrNO/c1-15-7-3-4-11(9-15)10-16-13-6-2-5-12(14)8-13/h2,5-6,8,11H,3-4,7,9-10H2,1H3/t11-/m1/s1. The van der Waals surface area contributed by atoms with Crippen molar-refractivity contribution in [1.82, 2.24) is 4.90 Å². The van der Waals surface area contributed by atoms with E-state index >= 15 is 0 Å². The number of nitrogens with zero attached hydrogens (tertiary/aromatic N) is 1. The molecule has 0 saturated carbocycles. The molecule has 1 fully saturated rings. The van der Waals surface area contributed by atoms with Crippen molar-refractivity contribution in [2.24, 2.45) is 5.92 Å². The highest BCUT2D eigenvalue weighted by Gasteiger charge is 2.17. The number of hydrogen-bond acceptors (Lipinski definition) is 2. The van der Waals surface area contributed by atoms with E-state index in [0.29, 0.717) is 5.92 Å². The second kappa shape index (κ2) is 5.69. The summed E-state index contributed by atoms with van der Waals surface area (Å²) in [6.07, 6.45) is 2.58. The van der Waals surface area contributed by atoms with E-state index in [4.69, 9.17) is 4.74 Å². The van der Waals surface area contributed by atoms with Crippen LogP contribution in [0.2, 0.25) is 0 Å². The Bertz CT molecular complexity index is 342. The molecule has 1 aromatic rings. The van der Waals surface area contributed by atoms with Crippen LogP contribution in [0.4, 0.5) is 0 Å². The third kappa shape index (κ3) is 3.49. The van der Waals surface area contributed by atoms with Crippen LogP contribution in [0.1, 0.15) is 12.8 Å². The number of likely N-dealkylation sites (tertiary alicyclic amines) is 1. The summed E-state index contributed by atoms with van der Waals surface area (Å²) in [4.78, 5) is 2.39. The number of benzene rings is 1. The maximum Gasteiger partial charge on any atom is 0.120 e. The number of rotatable bonds is 3. The zero-order valence-electron chi connectivity index (χ0n) is 9.66. The van der Waals surface area contributed by atoms with Crippen LogP contribution in [0.5, 0.6) is 5.75 Å². The van der Waals surface area contributed by atoms with E-state index in [1.54, 1.807) is 0 Å². The van der Waals surface area contributed by atoms with Crippen LogP contribution in [0.15, 0.2) is 28.7 Å². The molecule has 0 amide bonds. The Kier molecular flexibility index (Phi) is 4.24. The second-order valence-corrected chi connectivity index (χ2v) is 5.45. The lowest BCUT2D eigenvalue weighted by Gasteiger charge is -2.29. The normalized spacial score (nSPS) is 22.0. The average Bonchev–Trinajstić information content (AvgIpc) is 2.27. The van der Waals surface area contributed by atoms with Gasteiger partial charge in [0.05, 0.1) is 6.61 Å². The minimum atomic E-state index is 0.678. The highest BCUT2D eigenvalue weighted by molar-refractivity contribution is 9.10. The van der Waals surface area contributed by atoms with Gasteiger partial charge < -0.3 is 9.64 Å². The van der Waals surface area contributed by atoms with Crippen LogP contribution < -0.4 is 4.74 Å². The van der Waals surface area contributed by atoms with Crippen LogP contribution >= 0.6 is 15.9 Å². The molecule has 0 radical (unpaired) electrons. The zero-order valence-corrected chi connectivity index (χ0v) is 11.2. The fourth-order valence-electron chi connectivity index (χ4n) is 2.18. The number of ether oxygens (including phenoxy) is 1. The van der Waals surface area contributed by atoms with Gasteiger partial charge in [-0.2, -0.15) is 0 Å². The molecular weight excluding hydrogens is 266 g/mol. The molecule has 1 aliphatic rings. The van der Waals surface area contributed by atoms with Crippen LogP contribution in [0, 0.1) is 5.92 Å². The van der Waals surface area contributed by atoms with E-state index in [-0.39, 0.29) is 0 Å². The summed E-state index contributed by atoms with van der Waals surface area (Å²) in [6.45, 7) is 3.22. The van der Waals surface area contributed by atoms with Gasteiger partial charge in [-0.25, -0.2) is 0 Å². The van der Waals surface area contributed by atoms with E-state index in [1.165, 1.54) is 19.4 Å². The molecule has 0 unspecified atom stereocenters. The number of piperidine rings is 1. The van der Waals surface area contributed by atoms with Gasteiger partial charge in [0.1, 0.15) is 5.75 Å². The Labute approximate surface area is 106 Å². The van der Waals surface area contributed by atoms with Gasteiger partial charge in [0.2, 0.25) is 0 Å². The minimum absolute atomic E-state index is 0.678. The van der Waals surface area contributed by atoms with Gasteiger partial charge in [0.15, 0.2) is 0 Å². The Balaban J connectivity index is 1.82. The summed E-state index contributed by atoms with van der Waals surface area (Å²) >= 11 is 3.45. The Morgan fingerprint density at radius 3 is 3.12 bits per heavy atom. The molecule has 16 heavy (non-hydrogen) atoms. The van der Waals surface area contributed by atoms with Gasteiger partial charge >= 0.3 is 0 Å². The zero-order chi connectivity index (χ0) is 11.4. The highest BCUT2D eigenvalue weighted by Crippen LogP contribution is 2.20. The van der Waals surface area contributed by atoms with E-state index in [0.717, 1.165) is 23.4 Å². The maximum atomic E-state index is 5.82. The van der Waals surface area contributed by atoms with Crippen molar-refractivity contribution in [3.63, 3.8) is 0 Å². The fraction of sp³-hybridized carbons (Fsp3) is 0.538. The molecule has 0 bridgehead atoms. The van der Waals surface area contributed by atoms with Crippen LogP contribution in [0.25, 0.3) is 0 Å². The van der Waals surface area contributed by atoms with Gasteiger partial charge in [-0.15, -0.1) is 0 Å². The number of hydrogen-bond donors (Lipinski definition) is 0. The summed E-state index contributed by atoms with van der Waals surface area (Å²) in [5, 5.41) is 0. The number of halogens is 1. The second-order valence-electron chi connectivity index (χ2n) is 4.54. The van der Waals surface area contributed by atoms with Crippen molar-refractivity contribution in [2.75, 3.05) is 26.7 Å². The van der Waals surface area contributed by atoms with Crippen molar-refractivity contribution in [3.8, 4) is 5.75 Å². The Hall–Kier alpha value is -0.540. The van der Waals surface area contributed by atoms with Gasteiger partial charge in [-0.05, 0) is 44.6 Å².